The molecule has 25 heavy (non-hydrogen) atoms. The van der Waals surface area contributed by atoms with Crippen LogP contribution in [0.2, 0.25) is 0 Å². The number of hydrogen-bond acceptors (Lipinski definition) is 3. The molecule has 0 radical (unpaired) electrons. The second kappa shape index (κ2) is 7.79. The Morgan fingerprint density at radius 1 is 1.08 bits per heavy atom. The van der Waals surface area contributed by atoms with E-state index in [0.717, 1.165) is 30.5 Å². The first-order valence-corrected chi connectivity index (χ1v) is 8.57. The van der Waals surface area contributed by atoms with Crippen LogP contribution in [0.1, 0.15) is 30.1 Å². The summed E-state index contributed by atoms with van der Waals surface area (Å²) in [5.41, 5.74) is 2.30. The number of nitrogens with zero attached hydrogens (tertiary/aromatic N) is 2. The Morgan fingerprint density at radius 3 is 2.56 bits per heavy atom. The van der Waals surface area contributed by atoms with Gasteiger partial charge in [0.15, 0.2) is 5.76 Å². The summed E-state index contributed by atoms with van der Waals surface area (Å²) < 4.78 is 5.93. The fourth-order valence-electron chi connectivity index (χ4n) is 2.69. The zero-order valence-corrected chi connectivity index (χ0v) is 14.6. The highest BCUT2D eigenvalue weighted by Gasteiger charge is 2.19. The van der Waals surface area contributed by atoms with Gasteiger partial charge in [0.25, 0.3) is 5.91 Å². The number of hydrogen-bond donors (Lipinski definition) is 0. The first kappa shape index (κ1) is 17.0. The van der Waals surface area contributed by atoms with E-state index in [1.807, 2.05) is 61.6 Å². The highest BCUT2D eigenvalue weighted by Crippen LogP contribution is 2.28. The number of unbranched alkanes of at least 4 members (excludes halogenated alkanes) is 1. The molecule has 128 valence electrons. The van der Waals surface area contributed by atoms with Crippen LogP contribution in [0.5, 0.6) is 0 Å². The van der Waals surface area contributed by atoms with Gasteiger partial charge in [-0.25, -0.2) is 4.98 Å². The van der Waals surface area contributed by atoms with E-state index in [9.17, 15) is 4.79 Å². The number of oxazole rings is 1. The minimum atomic E-state index is -0.0106. The van der Waals surface area contributed by atoms with Crippen LogP contribution in [0.4, 0.5) is 0 Å². The number of carbonyl (C=O) groups excluding carboxylic acids is 1. The average molecular weight is 334 g/mol. The molecule has 3 rings (SSSR count). The second-order valence-electron chi connectivity index (χ2n) is 6.02. The van der Waals surface area contributed by atoms with Crippen molar-refractivity contribution < 1.29 is 9.21 Å². The van der Waals surface area contributed by atoms with E-state index in [2.05, 4.69) is 11.9 Å². The molecule has 0 unspecified atom stereocenters. The van der Waals surface area contributed by atoms with Gasteiger partial charge in [0.2, 0.25) is 5.89 Å². The van der Waals surface area contributed by atoms with Crippen molar-refractivity contribution in [2.24, 2.45) is 0 Å². The van der Waals surface area contributed by atoms with Crippen LogP contribution in [0.25, 0.3) is 22.8 Å². The summed E-state index contributed by atoms with van der Waals surface area (Å²) in [6, 6.07) is 17.3. The number of rotatable bonds is 6. The molecule has 0 saturated carbocycles. The van der Waals surface area contributed by atoms with Crippen molar-refractivity contribution in [3.8, 4) is 22.8 Å². The van der Waals surface area contributed by atoms with Gasteiger partial charge in [-0.1, -0.05) is 55.8 Å². The molecule has 1 aromatic heterocycles. The number of carbonyl (C=O) groups is 1. The third-order valence-electron chi connectivity index (χ3n) is 4.15. The van der Waals surface area contributed by atoms with Gasteiger partial charge in [0, 0.05) is 24.7 Å². The molecule has 1 amide bonds. The minimum absolute atomic E-state index is 0.0106. The Bertz CT molecular complexity index is 840. The van der Waals surface area contributed by atoms with E-state index in [4.69, 9.17) is 4.42 Å². The summed E-state index contributed by atoms with van der Waals surface area (Å²) in [5, 5.41) is 0. The quantitative estimate of drug-likeness (QED) is 0.645. The van der Waals surface area contributed by atoms with Crippen LogP contribution >= 0.6 is 0 Å². The van der Waals surface area contributed by atoms with Crippen molar-refractivity contribution >= 4 is 5.91 Å². The average Bonchev–Trinajstić information content (AvgIpc) is 3.16. The molecule has 0 N–H and O–H groups in total. The third-order valence-corrected chi connectivity index (χ3v) is 4.15. The molecule has 0 aliphatic heterocycles. The van der Waals surface area contributed by atoms with Gasteiger partial charge in [0.05, 0.1) is 11.8 Å². The van der Waals surface area contributed by atoms with Crippen LogP contribution in [0.3, 0.4) is 0 Å². The van der Waals surface area contributed by atoms with Gasteiger partial charge in [-0.2, -0.15) is 0 Å². The lowest BCUT2D eigenvalue weighted by Crippen LogP contribution is -2.28. The van der Waals surface area contributed by atoms with Gasteiger partial charge in [-0.05, 0) is 18.6 Å². The van der Waals surface area contributed by atoms with Crippen LogP contribution in [-0.4, -0.2) is 29.4 Å². The number of aromatic nitrogens is 1. The second-order valence-corrected chi connectivity index (χ2v) is 6.02. The topological polar surface area (TPSA) is 46.3 Å². The summed E-state index contributed by atoms with van der Waals surface area (Å²) in [5.74, 6) is 1.15. The lowest BCUT2D eigenvalue weighted by molar-refractivity contribution is 0.0794. The largest absolute Gasteiger partial charge is 0.436 e. The van der Waals surface area contributed by atoms with Crippen molar-refractivity contribution in [3.05, 3.63) is 66.4 Å². The van der Waals surface area contributed by atoms with Crippen LogP contribution < -0.4 is 0 Å². The van der Waals surface area contributed by atoms with Gasteiger partial charge >= 0.3 is 0 Å². The van der Waals surface area contributed by atoms with Gasteiger partial charge in [-0.15, -0.1) is 0 Å². The summed E-state index contributed by atoms with van der Waals surface area (Å²) in [6.07, 6.45) is 3.74. The standard InChI is InChI=1S/C21H22N2O2/c1-3-4-14-23(2)21(24)18-13-9-8-12-17(18)20-22-15-19(25-20)16-10-6-5-7-11-16/h5-13,15H,3-4,14H2,1-2H3. The highest BCUT2D eigenvalue weighted by molar-refractivity contribution is 5.99. The fraction of sp³-hybridized carbons (Fsp3) is 0.238. The maximum absolute atomic E-state index is 12.8. The van der Waals surface area contributed by atoms with Gasteiger partial charge < -0.3 is 9.32 Å². The first-order chi connectivity index (χ1) is 12.2. The molecule has 0 aliphatic carbocycles. The monoisotopic (exact) mass is 334 g/mol. The fourth-order valence-corrected chi connectivity index (χ4v) is 2.69. The van der Waals surface area contributed by atoms with E-state index in [-0.39, 0.29) is 5.91 Å². The molecule has 0 aliphatic rings. The van der Waals surface area contributed by atoms with Crippen molar-refractivity contribution in [2.75, 3.05) is 13.6 Å². The predicted octanol–water partition coefficient (Wildman–Crippen LogP) is 4.88. The predicted molar refractivity (Wildman–Crippen MR) is 99.2 cm³/mol. The highest BCUT2D eigenvalue weighted by atomic mass is 16.4. The minimum Gasteiger partial charge on any atom is -0.436 e. The Morgan fingerprint density at radius 2 is 1.80 bits per heavy atom. The van der Waals surface area contributed by atoms with Crippen molar-refractivity contribution in [1.82, 2.24) is 9.88 Å². The Kier molecular flexibility index (Phi) is 5.29. The smallest absolute Gasteiger partial charge is 0.254 e. The molecule has 0 bridgehead atoms. The SMILES string of the molecule is CCCCN(C)C(=O)c1ccccc1-c1ncc(-c2ccccc2)o1. The molecule has 0 saturated heterocycles. The number of benzene rings is 2. The van der Waals surface area contributed by atoms with Crippen molar-refractivity contribution in [3.63, 3.8) is 0 Å². The molecule has 0 fully saturated rings. The molecule has 2 aromatic carbocycles. The molecular weight excluding hydrogens is 312 g/mol. The van der Waals surface area contributed by atoms with E-state index in [0.29, 0.717) is 17.2 Å². The Hall–Kier alpha value is -2.88. The summed E-state index contributed by atoms with van der Waals surface area (Å²) in [7, 11) is 1.83. The zero-order chi connectivity index (χ0) is 17.6. The molecule has 3 aromatic rings. The van der Waals surface area contributed by atoms with E-state index >= 15 is 0 Å². The van der Waals surface area contributed by atoms with E-state index in [1.165, 1.54) is 0 Å². The summed E-state index contributed by atoms with van der Waals surface area (Å²) in [6.45, 7) is 2.86. The zero-order valence-electron chi connectivity index (χ0n) is 14.6. The lowest BCUT2D eigenvalue weighted by atomic mass is 10.1. The summed E-state index contributed by atoms with van der Waals surface area (Å²) in [4.78, 5) is 18.9. The first-order valence-electron chi connectivity index (χ1n) is 8.57. The van der Waals surface area contributed by atoms with Gasteiger partial charge in [0.1, 0.15) is 0 Å². The third kappa shape index (κ3) is 3.79. The van der Waals surface area contributed by atoms with Crippen LogP contribution in [0.15, 0.2) is 65.2 Å². The van der Waals surface area contributed by atoms with E-state index in [1.54, 1.807) is 11.1 Å². The number of amides is 1. The van der Waals surface area contributed by atoms with Crippen LogP contribution in [-0.2, 0) is 0 Å². The Balaban J connectivity index is 1.91. The molecule has 4 heteroatoms. The van der Waals surface area contributed by atoms with Crippen molar-refractivity contribution in [1.29, 1.82) is 0 Å². The summed E-state index contributed by atoms with van der Waals surface area (Å²) >= 11 is 0. The normalized spacial score (nSPS) is 10.6. The molecule has 4 nitrogen and oxygen atoms in total. The Labute approximate surface area is 148 Å². The molecule has 1 heterocycles. The lowest BCUT2D eigenvalue weighted by Gasteiger charge is -2.18. The van der Waals surface area contributed by atoms with Crippen LogP contribution in [0, 0.1) is 0 Å². The van der Waals surface area contributed by atoms with E-state index < -0.39 is 0 Å². The van der Waals surface area contributed by atoms with Gasteiger partial charge in [-0.3, -0.25) is 4.79 Å². The van der Waals surface area contributed by atoms with Crippen molar-refractivity contribution in [2.45, 2.75) is 19.8 Å². The molecular formula is C21H22N2O2. The maximum atomic E-state index is 12.8. The molecule has 0 atom stereocenters. The maximum Gasteiger partial charge on any atom is 0.254 e. The molecule has 0 spiro atoms.